The first kappa shape index (κ1) is 12.8. The highest BCUT2D eigenvalue weighted by Crippen LogP contribution is 2.54. The molecule has 0 aromatic carbocycles. The maximum atomic E-state index is 6.03. The number of hydrogen-bond donors (Lipinski definition) is 2. The van der Waals surface area contributed by atoms with Crippen LogP contribution in [-0.2, 0) is 0 Å². The fourth-order valence-electron chi connectivity index (χ4n) is 4.35. The van der Waals surface area contributed by atoms with Crippen LogP contribution in [-0.4, -0.2) is 11.5 Å². The number of allylic oxidation sites excluding steroid dienone is 3. The van der Waals surface area contributed by atoms with Crippen molar-refractivity contribution >= 4 is 5.96 Å². The molecule has 0 bridgehead atoms. The highest BCUT2D eigenvalue weighted by molar-refractivity contribution is 5.82. The standard InChI is InChI=1S/C16H25N3/c1-4-5-6-12-10(2)9-11-7-8-16(3)13(11)14(12)18-15(17)19-16/h5-6,10-11,13H,4,7-9H2,1-3H3,(H3,17,18,19). The molecule has 3 nitrogen and oxygen atoms in total. The Morgan fingerprint density at radius 1 is 1.53 bits per heavy atom. The molecule has 3 rings (SSSR count). The van der Waals surface area contributed by atoms with Crippen molar-refractivity contribution in [1.29, 1.82) is 0 Å². The summed E-state index contributed by atoms with van der Waals surface area (Å²) in [6.45, 7) is 6.81. The molecule has 0 aromatic heterocycles. The van der Waals surface area contributed by atoms with Crippen LogP contribution >= 0.6 is 0 Å². The molecule has 4 atom stereocenters. The molecule has 1 fully saturated rings. The van der Waals surface area contributed by atoms with E-state index in [4.69, 9.17) is 10.7 Å². The van der Waals surface area contributed by atoms with Crippen LogP contribution in [0.2, 0.25) is 0 Å². The van der Waals surface area contributed by atoms with E-state index in [1.54, 1.807) is 0 Å². The van der Waals surface area contributed by atoms with Gasteiger partial charge < -0.3 is 11.1 Å². The van der Waals surface area contributed by atoms with E-state index in [0.717, 1.165) is 12.3 Å². The van der Waals surface area contributed by atoms with Crippen molar-refractivity contribution in [2.75, 3.05) is 0 Å². The minimum Gasteiger partial charge on any atom is -0.370 e. The lowest BCUT2D eigenvalue weighted by molar-refractivity contribution is 0.260. The first-order valence-corrected chi connectivity index (χ1v) is 7.58. The van der Waals surface area contributed by atoms with E-state index in [1.807, 2.05) is 0 Å². The van der Waals surface area contributed by atoms with Gasteiger partial charge in [0.1, 0.15) is 0 Å². The summed E-state index contributed by atoms with van der Waals surface area (Å²) in [5, 5.41) is 3.39. The Morgan fingerprint density at radius 3 is 3.05 bits per heavy atom. The molecular formula is C16H25N3. The first-order valence-electron chi connectivity index (χ1n) is 7.58. The maximum Gasteiger partial charge on any atom is 0.193 e. The van der Waals surface area contributed by atoms with E-state index in [9.17, 15) is 0 Å². The van der Waals surface area contributed by atoms with Crippen LogP contribution in [0.5, 0.6) is 0 Å². The average molecular weight is 259 g/mol. The zero-order chi connectivity index (χ0) is 13.6. The molecule has 1 aliphatic heterocycles. The normalized spacial score (nSPS) is 41.2. The van der Waals surface area contributed by atoms with E-state index in [1.165, 1.54) is 30.5 Å². The van der Waals surface area contributed by atoms with Gasteiger partial charge in [0, 0.05) is 11.6 Å². The van der Waals surface area contributed by atoms with Crippen molar-refractivity contribution < 1.29 is 0 Å². The number of rotatable bonds is 2. The molecule has 3 aliphatic rings. The predicted octanol–water partition coefficient (Wildman–Crippen LogP) is 2.95. The van der Waals surface area contributed by atoms with Gasteiger partial charge in [-0.05, 0) is 50.0 Å². The van der Waals surface area contributed by atoms with Crippen LogP contribution in [0, 0.1) is 17.8 Å². The summed E-state index contributed by atoms with van der Waals surface area (Å²) < 4.78 is 0. The van der Waals surface area contributed by atoms with Gasteiger partial charge in [0.05, 0.1) is 5.54 Å². The van der Waals surface area contributed by atoms with Crippen LogP contribution in [0.25, 0.3) is 0 Å². The lowest BCUT2D eigenvalue weighted by atomic mass is 9.70. The Morgan fingerprint density at radius 2 is 2.32 bits per heavy atom. The van der Waals surface area contributed by atoms with Crippen molar-refractivity contribution in [2.45, 2.75) is 52.0 Å². The van der Waals surface area contributed by atoms with Crippen LogP contribution in [0.3, 0.4) is 0 Å². The number of nitrogens with one attached hydrogen (secondary N) is 1. The average Bonchev–Trinajstić information content (AvgIpc) is 2.66. The lowest BCUT2D eigenvalue weighted by Gasteiger charge is -2.43. The minimum absolute atomic E-state index is 0.0285. The molecule has 3 N–H and O–H groups in total. The van der Waals surface area contributed by atoms with Crippen molar-refractivity contribution in [3.63, 3.8) is 0 Å². The Bertz CT molecular complexity index is 474. The smallest absolute Gasteiger partial charge is 0.193 e. The Hall–Kier alpha value is -1.25. The summed E-state index contributed by atoms with van der Waals surface area (Å²) in [7, 11) is 0. The van der Waals surface area contributed by atoms with E-state index in [2.05, 4.69) is 38.2 Å². The summed E-state index contributed by atoms with van der Waals surface area (Å²) in [4.78, 5) is 4.72. The SMILES string of the molecule is CCC=CC1=C2NC(N)=NC3(C)CCC(CC1C)C23. The van der Waals surface area contributed by atoms with Crippen molar-refractivity contribution in [2.24, 2.45) is 28.5 Å². The fraction of sp³-hybridized carbons (Fsp3) is 0.688. The second-order valence-electron chi connectivity index (χ2n) is 6.57. The number of aliphatic imine (C=N–C) groups is 1. The quantitative estimate of drug-likeness (QED) is 0.801. The van der Waals surface area contributed by atoms with Crippen LogP contribution in [0.15, 0.2) is 28.4 Å². The van der Waals surface area contributed by atoms with Gasteiger partial charge in [-0.2, -0.15) is 0 Å². The van der Waals surface area contributed by atoms with E-state index >= 15 is 0 Å². The predicted molar refractivity (Wildman–Crippen MR) is 79.6 cm³/mol. The van der Waals surface area contributed by atoms with Gasteiger partial charge in [0.25, 0.3) is 0 Å². The first-order chi connectivity index (χ1) is 9.05. The summed E-state index contributed by atoms with van der Waals surface area (Å²) in [6, 6.07) is 0. The van der Waals surface area contributed by atoms with Crippen molar-refractivity contribution in [1.82, 2.24) is 5.32 Å². The van der Waals surface area contributed by atoms with Crippen molar-refractivity contribution in [3.05, 3.63) is 23.4 Å². The molecule has 104 valence electrons. The number of hydrogen-bond acceptors (Lipinski definition) is 3. The molecule has 1 heterocycles. The second-order valence-corrected chi connectivity index (χ2v) is 6.57. The molecule has 19 heavy (non-hydrogen) atoms. The second kappa shape index (κ2) is 4.39. The van der Waals surface area contributed by atoms with Gasteiger partial charge in [-0.1, -0.05) is 26.0 Å². The van der Waals surface area contributed by atoms with E-state index in [0.29, 0.717) is 17.8 Å². The molecule has 4 unspecified atom stereocenters. The molecule has 0 spiro atoms. The Balaban J connectivity index is 2.10. The minimum atomic E-state index is 0.0285. The molecule has 1 saturated carbocycles. The Labute approximate surface area is 116 Å². The molecule has 3 heteroatoms. The van der Waals surface area contributed by atoms with E-state index in [-0.39, 0.29) is 5.54 Å². The molecule has 0 saturated heterocycles. The molecule has 0 aromatic rings. The zero-order valence-electron chi connectivity index (χ0n) is 12.2. The summed E-state index contributed by atoms with van der Waals surface area (Å²) in [6.07, 6.45) is 9.41. The monoisotopic (exact) mass is 259 g/mol. The van der Waals surface area contributed by atoms with Gasteiger partial charge in [-0.15, -0.1) is 0 Å². The van der Waals surface area contributed by atoms with Gasteiger partial charge in [-0.3, -0.25) is 0 Å². The molecule has 0 amide bonds. The zero-order valence-corrected chi connectivity index (χ0v) is 12.2. The molecule has 2 aliphatic carbocycles. The van der Waals surface area contributed by atoms with Crippen LogP contribution < -0.4 is 11.1 Å². The topological polar surface area (TPSA) is 50.4 Å². The van der Waals surface area contributed by atoms with Gasteiger partial charge in [0.15, 0.2) is 5.96 Å². The van der Waals surface area contributed by atoms with Gasteiger partial charge in [-0.25, -0.2) is 4.99 Å². The summed E-state index contributed by atoms with van der Waals surface area (Å²) in [5.74, 6) is 2.55. The third kappa shape index (κ3) is 1.90. The third-order valence-electron chi connectivity index (χ3n) is 5.14. The molecular weight excluding hydrogens is 234 g/mol. The molecule has 0 radical (unpaired) electrons. The van der Waals surface area contributed by atoms with Crippen LogP contribution in [0.1, 0.15) is 46.5 Å². The summed E-state index contributed by atoms with van der Waals surface area (Å²) in [5.41, 5.74) is 8.87. The number of guanidine groups is 1. The van der Waals surface area contributed by atoms with Crippen LogP contribution in [0.4, 0.5) is 0 Å². The van der Waals surface area contributed by atoms with Gasteiger partial charge >= 0.3 is 0 Å². The van der Waals surface area contributed by atoms with Gasteiger partial charge in [0.2, 0.25) is 0 Å². The highest BCUT2D eigenvalue weighted by Gasteiger charge is 2.52. The lowest BCUT2D eigenvalue weighted by Crippen LogP contribution is -2.50. The number of nitrogens with two attached hydrogens (primary N) is 1. The third-order valence-corrected chi connectivity index (χ3v) is 5.14. The van der Waals surface area contributed by atoms with Crippen molar-refractivity contribution in [3.8, 4) is 0 Å². The Kier molecular flexibility index (Phi) is 2.95. The number of nitrogens with zero attached hydrogens (tertiary/aromatic N) is 1. The fourth-order valence-corrected chi connectivity index (χ4v) is 4.35. The van der Waals surface area contributed by atoms with E-state index < -0.39 is 0 Å². The summed E-state index contributed by atoms with van der Waals surface area (Å²) >= 11 is 0. The maximum absolute atomic E-state index is 6.03. The highest BCUT2D eigenvalue weighted by atomic mass is 15.2. The largest absolute Gasteiger partial charge is 0.370 e.